The molecule has 4 nitrogen and oxygen atoms in total. The highest BCUT2D eigenvalue weighted by atomic mass is 16.5. The molecule has 1 atom stereocenters. The van der Waals surface area contributed by atoms with Crippen LogP contribution in [0.1, 0.15) is 24.9 Å². The number of rotatable bonds is 5. The molecule has 4 heteroatoms. The summed E-state index contributed by atoms with van der Waals surface area (Å²) < 4.78 is 10.8. The molecule has 1 aliphatic heterocycles. The molecule has 1 fully saturated rings. The topological polar surface area (TPSA) is 33.7 Å². The van der Waals surface area contributed by atoms with E-state index in [-0.39, 0.29) is 0 Å². The molecular formula is C15H24N2O2. The van der Waals surface area contributed by atoms with Gasteiger partial charge in [-0.3, -0.25) is 4.90 Å². The van der Waals surface area contributed by atoms with Crippen LogP contribution < -0.4 is 14.8 Å². The molecular weight excluding hydrogens is 240 g/mol. The summed E-state index contributed by atoms with van der Waals surface area (Å²) in [7, 11) is 3.41. The molecule has 1 aromatic rings. The predicted molar refractivity (Wildman–Crippen MR) is 77.0 cm³/mol. The Morgan fingerprint density at radius 2 is 1.95 bits per heavy atom. The second-order valence-electron chi connectivity index (χ2n) is 4.82. The van der Waals surface area contributed by atoms with Crippen molar-refractivity contribution in [3.8, 4) is 11.5 Å². The van der Waals surface area contributed by atoms with Gasteiger partial charge >= 0.3 is 0 Å². The molecule has 1 N–H and O–H groups in total. The molecule has 0 aliphatic carbocycles. The molecule has 2 rings (SSSR count). The lowest BCUT2D eigenvalue weighted by Crippen LogP contribution is -2.45. The molecule has 0 spiro atoms. The molecule has 106 valence electrons. The molecule has 1 saturated heterocycles. The number of benzene rings is 1. The first kappa shape index (κ1) is 14.2. The molecule has 1 unspecified atom stereocenters. The van der Waals surface area contributed by atoms with Gasteiger partial charge < -0.3 is 14.8 Å². The van der Waals surface area contributed by atoms with Crippen LogP contribution in [-0.4, -0.2) is 45.3 Å². The Labute approximate surface area is 115 Å². The van der Waals surface area contributed by atoms with Gasteiger partial charge in [0.15, 0.2) is 0 Å². The van der Waals surface area contributed by atoms with Crippen LogP contribution in [0.25, 0.3) is 0 Å². The highest BCUT2D eigenvalue weighted by molar-refractivity contribution is 5.42. The summed E-state index contributed by atoms with van der Waals surface area (Å²) in [4.78, 5) is 2.53. The number of ether oxygens (including phenoxy) is 2. The molecule has 1 heterocycles. The standard InChI is InChI=1S/C15H24N2O2/c1-4-14(17-9-7-16-8-10-17)13-6-5-12(18-2)11-15(13)19-3/h5-6,11,14,16H,4,7-10H2,1-3H3. The molecule has 19 heavy (non-hydrogen) atoms. The average Bonchev–Trinajstić information content (AvgIpc) is 2.49. The van der Waals surface area contributed by atoms with Gasteiger partial charge in [0, 0.05) is 43.9 Å². The second-order valence-corrected chi connectivity index (χ2v) is 4.82. The van der Waals surface area contributed by atoms with E-state index in [1.54, 1.807) is 14.2 Å². The summed E-state index contributed by atoms with van der Waals surface area (Å²) in [6.45, 7) is 6.54. The Hall–Kier alpha value is -1.26. The monoisotopic (exact) mass is 264 g/mol. The van der Waals surface area contributed by atoms with E-state index in [4.69, 9.17) is 9.47 Å². The quantitative estimate of drug-likeness (QED) is 0.882. The first-order chi connectivity index (χ1) is 9.30. The van der Waals surface area contributed by atoms with Crippen molar-refractivity contribution in [1.82, 2.24) is 10.2 Å². The van der Waals surface area contributed by atoms with Gasteiger partial charge in [0.2, 0.25) is 0 Å². The van der Waals surface area contributed by atoms with E-state index in [1.807, 2.05) is 12.1 Å². The minimum atomic E-state index is 0.419. The van der Waals surface area contributed by atoms with E-state index in [0.717, 1.165) is 44.1 Å². The maximum atomic E-state index is 5.54. The van der Waals surface area contributed by atoms with Crippen LogP contribution in [0, 0.1) is 0 Å². The third kappa shape index (κ3) is 3.19. The van der Waals surface area contributed by atoms with E-state index in [0.29, 0.717) is 6.04 Å². The maximum absolute atomic E-state index is 5.54. The summed E-state index contributed by atoms with van der Waals surface area (Å²) in [6.07, 6.45) is 1.09. The Bertz CT molecular complexity index is 403. The summed E-state index contributed by atoms with van der Waals surface area (Å²) in [5.41, 5.74) is 1.26. The van der Waals surface area contributed by atoms with Gasteiger partial charge in [0.05, 0.1) is 14.2 Å². The number of methoxy groups -OCH3 is 2. The fourth-order valence-corrected chi connectivity index (χ4v) is 2.76. The van der Waals surface area contributed by atoms with Gasteiger partial charge in [-0.1, -0.05) is 13.0 Å². The van der Waals surface area contributed by atoms with E-state index in [2.05, 4.69) is 23.2 Å². The summed E-state index contributed by atoms with van der Waals surface area (Å²) in [5.74, 6) is 1.76. The third-order valence-corrected chi connectivity index (χ3v) is 3.78. The number of nitrogens with zero attached hydrogens (tertiary/aromatic N) is 1. The summed E-state index contributed by atoms with van der Waals surface area (Å²) >= 11 is 0. The third-order valence-electron chi connectivity index (χ3n) is 3.78. The van der Waals surface area contributed by atoms with Crippen LogP contribution >= 0.6 is 0 Å². The highest BCUT2D eigenvalue weighted by Gasteiger charge is 2.23. The number of piperazine rings is 1. The minimum Gasteiger partial charge on any atom is -0.497 e. The van der Waals surface area contributed by atoms with Crippen molar-refractivity contribution >= 4 is 0 Å². The first-order valence-electron chi connectivity index (χ1n) is 6.96. The van der Waals surface area contributed by atoms with Crippen molar-refractivity contribution in [2.24, 2.45) is 0 Å². The lowest BCUT2D eigenvalue weighted by molar-refractivity contribution is 0.166. The van der Waals surface area contributed by atoms with E-state index >= 15 is 0 Å². The largest absolute Gasteiger partial charge is 0.497 e. The van der Waals surface area contributed by atoms with Gasteiger partial charge in [0.1, 0.15) is 11.5 Å². The maximum Gasteiger partial charge on any atom is 0.127 e. The SMILES string of the molecule is CCC(c1ccc(OC)cc1OC)N1CCNCC1. The molecule has 0 bridgehead atoms. The van der Waals surface area contributed by atoms with E-state index in [9.17, 15) is 0 Å². The van der Waals surface area contributed by atoms with Gasteiger partial charge in [0.25, 0.3) is 0 Å². The lowest BCUT2D eigenvalue weighted by Gasteiger charge is -2.35. The molecule has 0 amide bonds. The fraction of sp³-hybridized carbons (Fsp3) is 0.600. The van der Waals surface area contributed by atoms with Crippen molar-refractivity contribution in [1.29, 1.82) is 0 Å². The van der Waals surface area contributed by atoms with Crippen molar-refractivity contribution in [3.63, 3.8) is 0 Å². The molecule has 0 saturated carbocycles. The zero-order valence-electron chi connectivity index (χ0n) is 12.1. The summed E-state index contributed by atoms with van der Waals surface area (Å²) in [6, 6.07) is 6.54. The van der Waals surface area contributed by atoms with E-state index in [1.165, 1.54) is 5.56 Å². The molecule has 0 aromatic heterocycles. The fourth-order valence-electron chi connectivity index (χ4n) is 2.76. The van der Waals surface area contributed by atoms with Gasteiger partial charge in [-0.25, -0.2) is 0 Å². The van der Waals surface area contributed by atoms with Crippen LogP contribution in [0.5, 0.6) is 11.5 Å². The van der Waals surface area contributed by atoms with Crippen LogP contribution in [0.4, 0.5) is 0 Å². The van der Waals surface area contributed by atoms with Crippen molar-refractivity contribution in [2.75, 3.05) is 40.4 Å². The normalized spacial score (nSPS) is 18.1. The van der Waals surface area contributed by atoms with Crippen LogP contribution in [0.2, 0.25) is 0 Å². The van der Waals surface area contributed by atoms with Crippen molar-refractivity contribution < 1.29 is 9.47 Å². The highest BCUT2D eigenvalue weighted by Crippen LogP contribution is 2.34. The molecule has 1 aromatic carbocycles. The smallest absolute Gasteiger partial charge is 0.127 e. The predicted octanol–water partition coefficient (Wildman–Crippen LogP) is 2.06. The first-order valence-corrected chi connectivity index (χ1v) is 6.96. The van der Waals surface area contributed by atoms with Crippen LogP contribution in [0.3, 0.4) is 0 Å². The van der Waals surface area contributed by atoms with Crippen LogP contribution in [-0.2, 0) is 0 Å². The minimum absolute atomic E-state index is 0.419. The number of hydrogen-bond acceptors (Lipinski definition) is 4. The van der Waals surface area contributed by atoms with Crippen molar-refractivity contribution in [3.05, 3.63) is 23.8 Å². The Morgan fingerprint density at radius 1 is 1.21 bits per heavy atom. The Morgan fingerprint density at radius 3 is 2.53 bits per heavy atom. The second kappa shape index (κ2) is 6.78. The Kier molecular flexibility index (Phi) is 5.05. The Balaban J connectivity index is 2.26. The average molecular weight is 264 g/mol. The van der Waals surface area contributed by atoms with Gasteiger partial charge in [-0.15, -0.1) is 0 Å². The molecule has 1 aliphatic rings. The number of hydrogen-bond donors (Lipinski definition) is 1. The number of nitrogens with one attached hydrogen (secondary N) is 1. The van der Waals surface area contributed by atoms with E-state index < -0.39 is 0 Å². The molecule has 0 radical (unpaired) electrons. The lowest BCUT2D eigenvalue weighted by atomic mass is 10.0. The van der Waals surface area contributed by atoms with Crippen LogP contribution in [0.15, 0.2) is 18.2 Å². The zero-order chi connectivity index (χ0) is 13.7. The summed E-state index contributed by atoms with van der Waals surface area (Å²) in [5, 5.41) is 3.40. The van der Waals surface area contributed by atoms with Gasteiger partial charge in [-0.2, -0.15) is 0 Å². The zero-order valence-corrected chi connectivity index (χ0v) is 12.1. The van der Waals surface area contributed by atoms with Gasteiger partial charge in [-0.05, 0) is 12.5 Å². The van der Waals surface area contributed by atoms with Crippen molar-refractivity contribution in [2.45, 2.75) is 19.4 Å².